The number of benzene rings is 1. The van der Waals surface area contributed by atoms with Crippen molar-refractivity contribution in [2.24, 2.45) is 22.2 Å². The maximum Gasteiger partial charge on any atom is 0.326 e. The van der Waals surface area contributed by atoms with Gasteiger partial charge in [0.1, 0.15) is 29.9 Å². The van der Waals surface area contributed by atoms with Crippen LogP contribution in [0.5, 0.6) is 5.75 Å². The van der Waals surface area contributed by atoms with Gasteiger partial charge in [-0.15, -0.1) is 0 Å². The molecule has 0 aliphatic rings. The highest BCUT2D eigenvalue weighted by molar-refractivity contribution is 7.98. The lowest BCUT2D eigenvalue weighted by atomic mass is 10.0. The molecule has 1 aromatic rings. The zero-order valence-electron chi connectivity index (χ0n) is 22.0. The number of carbonyl (C=O) groups is 4. The molecule has 0 heterocycles. The lowest BCUT2D eigenvalue weighted by Gasteiger charge is -2.25. The van der Waals surface area contributed by atoms with Gasteiger partial charge in [-0.1, -0.05) is 12.1 Å². The first kappa shape index (κ1) is 33.5. The fourth-order valence-electron chi connectivity index (χ4n) is 3.37. The average Bonchev–Trinajstić information content (AvgIpc) is 2.87. The Balaban J connectivity index is 3.07. The lowest BCUT2D eigenvalue weighted by molar-refractivity contribution is -0.142. The third-order valence-corrected chi connectivity index (χ3v) is 6.28. The molecule has 1 aromatic carbocycles. The molecular weight excluding hydrogens is 530 g/mol. The number of nitrogens with one attached hydrogen (secondary N) is 3. The van der Waals surface area contributed by atoms with Crippen molar-refractivity contribution in [2.45, 2.75) is 62.9 Å². The van der Waals surface area contributed by atoms with E-state index < -0.39 is 54.0 Å². The Morgan fingerprint density at radius 1 is 0.949 bits per heavy atom. The molecule has 0 spiro atoms. The number of aliphatic hydroxyl groups is 1. The predicted octanol–water partition coefficient (Wildman–Crippen LogP) is -2.01. The van der Waals surface area contributed by atoms with Crippen LogP contribution in [0.3, 0.4) is 0 Å². The number of carboxylic acid groups (broad SMARTS) is 1. The first-order chi connectivity index (χ1) is 18.3. The first-order valence-corrected chi connectivity index (χ1v) is 13.6. The first-order valence-electron chi connectivity index (χ1n) is 12.3. The van der Waals surface area contributed by atoms with E-state index in [2.05, 4.69) is 20.9 Å². The lowest BCUT2D eigenvalue weighted by Crippen LogP contribution is -2.58. The Hall–Kier alpha value is -3.56. The number of carboxylic acids is 1. The Labute approximate surface area is 231 Å². The van der Waals surface area contributed by atoms with Gasteiger partial charge < -0.3 is 48.5 Å². The number of hydrogen-bond acceptors (Lipinski definition) is 9. The number of aliphatic carboxylic acids is 1. The van der Waals surface area contributed by atoms with Gasteiger partial charge in [-0.05, 0) is 55.9 Å². The van der Waals surface area contributed by atoms with Crippen molar-refractivity contribution < 1.29 is 34.5 Å². The fourth-order valence-corrected chi connectivity index (χ4v) is 3.85. The second-order valence-corrected chi connectivity index (χ2v) is 9.87. The molecule has 5 unspecified atom stereocenters. The monoisotopic (exact) mass is 569 g/mol. The highest BCUT2D eigenvalue weighted by atomic mass is 32.2. The number of aliphatic hydroxyl groups excluding tert-OH is 1. The van der Waals surface area contributed by atoms with Gasteiger partial charge in [0.25, 0.3) is 0 Å². The molecular formula is C24H39N7O7S. The van der Waals surface area contributed by atoms with Crippen molar-refractivity contribution in [3.05, 3.63) is 29.8 Å². The van der Waals surface area contributed by atoms with Gasteiger partial charge in [-0.2, -0.15) is 11.8 Å². The third kappa shape index (κ3) is 12.7. The topological polar surface area (TPSA) is 255 Å². The number of aromatic hydroxyl groups is 1. The van der Waals surface area contributed by atoms with E-state index in [1.54, 1.807) is 12.1 Å². The molecule has 1 rings (SSSR count). The van der Waals surface area contributed by atoms with Crippen LogP contribution in [-0.4, -0.2) is 93.8 Å². The number of rotatable bonds is 17. The molecule has 0 saturated heterocycles. The molecule has 3 amide bonds. The molecule has 14 nitrogen and oxygen atoms in total. The molecule has 0 aliphatic heterocycles. The molecule has 15 heteroatoms. The number of aliphatic imine (C=N–C) groups is 1. The molecule has 12 N–H and O–H groups in total. The summed E-state index contributed by atoms with van der Waals surface area (Å²) in [5.41, 5.74) is 16.8. The largest absolute Gasteiger partial charge is 0.508 e. The summed E-state index contributed by atoms with van der Waals surface area (Å²) in [4.78, 5) is 54.4. The SMILES string of the molecule is CSCCC(NC(=O)C(Cc1ccc(O)cc1)NC(=O)C(N)C(C)O)C(=O)NC(CCCN=C(N)N)C(=O)O. The van der Waals surface area contributed by atoms with Gasteiger partial charge in [-0.25, -0.2) is 4.79 Å². The summed E-state index contributed by atoms with van der Waals surface area (Å²) in [6, 6.07) is 1.13. The van der Waals surface area contributed by atoms with Gasteiger partial charge >= 0.3 is 5.97 Å². The van der Waals surface area contributed by atoms with Gasteiger partial charge in [0.2, 0.25) is 17.7 Å². The van der Waals surface area contributed by atoms with Crippen LogP contribution in [0.1, 0.15) is 31.7 Å². The number of carbonyl (C=O) groups excluding carboxylic acids is 3. The van der Waals surface area contributed by atoms with Gasteiger partial charge in [0, 0.05) is 13.0 Å². The quantitative estimate of drug-likeness (QED) is 0.0562. The van der Waals surface area contributed by atoms with Crippen molar-refractivity contribution in [1.82, 2.24) is 16.0 Å². The van der Waals surface area contributed by atoms with Crippen LogP contribution in [-0.2, 0) is 25.6 Å². The molecule has 0 aromatic heterocycles. The number of nitrogens with two attached hydrogens (primary N) is 3. The van der Waals surface area contributed by atoms with Gasteiger partial charge in [0.05, 0.1) is 6.10 Å². The van der Waals surface area contributed by atoms with E-state index in [-0.39, 0.29) is 37.5 Å². The van der Waals surface area contributed by atoms with Crippen molar-refractivity contribution in [1.29, 1.82) is 0 Å². The smallest absolute Gasteiger partial charge is 0.326 e. The number of thioether (sulfide) groups is 1. The minimum atomic E-state index is -1.30. The van der Waals surface area contributed by atoms with E-state index in [4.69, 9.17) is 17.2 Å². The number of amides is 3. The zero-order valence-corrected chi connectivity index (χ0v) is 22.8. The highest BCUT2D eigenvalue weighted by Crippen LogP contribution is 2.12. The van der Waals surface area contributed by atoms with E-state index in [0.717, 1.165) is 0 Å². The van der Waals surface area contributed by atoms with Crippen molar-refractivity contribution >= 4 is 41.4 Å². The van der Waals surface area contributed by atoms with Crippen molar-refractivity contribution in [3.63, 3.8) is 0 Å². The molecule has 39 heavy (non-hydrogen) atoms. The normalized spacial score (nSPS) is 14.7. The second kappa shape index (κ2) is 17.1. The summed E-state index contributed by atoms with van der Waals surface area (Å²) < 4.78 is 0. The minimum absolute atomic E-state index is 0.0101. The van der Waals surface area contributed by atoms with Crippen molar-refractivity contribution in [3.8, 4) is 5.75 Å². The van der Waals surface area contributed by atoms with Gasteiger partial charge in [0.15, 0.2) is 5.96 Å². The molecule has 5 atom stereocenters. The average molecular weight is 570 g/mol. The number of hydrogen-bond donors (Lipinski definition) is 9. The fraction of sp³-hybridized carbons (Fsp3) is 0.542. The number of phenolic OH excluding ortho intramolecular Hbond substituents is 1. The maximum atomic E-state index is 13.3. The molecule has 218 valence electrons. The number of nitrogens with zero attached hydrogens (tertiary/aromatic N) is 1. The molecule has 0 saturated carbocycles. The third-order valence-electron chi connectivity index (χ3n) is 5.64. The summed E-state index contributed by atoms with van der Waals surface area (Å²) in [6.45, 7) is 1.51. The number of guanidine groups is 1. The standard InChI is InChI=1S/C24H39N7O7S/c1-13(32)19(25)22(36)31-18(12-14-5-7-15(33)8-6-14)21(35)29-16(9-11-39-2)20(34)30-17(23(37)38)4-3-10-28-24(26)27/h5-8,13,16-19,32-33H,3-4,9-12,25H2,1-2H3,(H,29,35)(H,30,34)(H,31,36)(H,37,38)(H4,26,27,28). The van der Waals surface area contributed by atoms with E-state index in [1.807, 2.05) is 6.26 Å². The minimum Gasteiger partial charge on any atom is -0.508 e. The second-order valence-electron chi connectivity index (χ2n) is 8.89. The Morgan fingerprint density at radius 2 is 1.51 bits per heavy atom. The Kier molecular flexibility index (Phi) is 14.7. The maximum absolute atomic E-state index is 13.3. The summed E-state index contributed by atoms with van der Waals surface area (Å²) in [5, 5.41) is 36.3. The summed E-state index contributed by atoms with van der Waals surface area (Å²) in [6.07, 6.45) is 1.16. The summed E-state index contributed by atoms with van der Waals surface area (Å²) >= 11 is 1.43. The molecule has 0 aliphatic carbocycles. The highest BCUT2D eigenvalue weighted by Gasteiger charge is 2.31. The summed E-state index contributed by atoms with van der Waals surface area (Å²) in [5.74, 6) is -3.10. The Morgan fingerprint density at radius 3 is 2.05 bits per heavy atom. The van der Waals surface area contributed by atoms with E-state index in [0.29, 0.717) is 17.7 Å². The van der Waals surface area contributed by atoms with Crippen LogP contribution in [0.25, 0.3) is 0 Å². The molecule has 0 radical (unpaired) electrons. The molecule has 0 fully saturated rings. The van der Waals surface area contributed by atoms with Crippen LogP contribution in [0.2, 0.25) is 0 Å². The van der Waals surface area contributed by atoms with Crippen LogP contribution >= 0.6 is 11.8 Å². The summed E-state index contributed by atoms with van der Waals surface area (Å²) in [7, 11) is 0. The van der Waals surface area contributed by atoms with Crippen molar-refractivity contribution in [2.75, 3.05) is 18.6 Å². The van der Waals surface area contributed by atoms with E-state index in [9.17, 15) is 34.5 Å². The van der Waals surface area contributed by atoms with Crippen LogP contribution in [0, 0.1) is 0 Å². The van der Waals surface area contributed by atoms with Crippen LogP contribution in [0.15, 0.2) is 29.3 Å². The van der Waals surface area contributed by atoms with Gasteiger partial charge in [-0.3, -0.25) is 19.4 Å². The predicted molar refractivity (Wildman–Crippen MR) is 148 cm³/mol. The van der Waals surface area contributed by atoms with E-state index >= 15 is 0 Å². The molecule has 0 bridgehead atoms. The van der Waals surface area contributed by atoms with E-state index in [1.165, 1.54) is 30.8 Å². The van der Waals surface area contributed by atoms with Crippen LogP contribution < -0.4 is 33.2 Å². The zero-order chi connectivity index (χ0) is 29.5. The Bertz CT molecular complexity index is 988. The van der Waals surface area contributed by atoms with Crippen LogP contribution in [0.4, 0.5) is 0 Å². The number of phenols is 1.